The summed E-state index contributed by atoms with van der Waals surface area (Å²) in [5.41, 5.74) is 0.420. The predicted molar refractivity (Wildman–Crippen MR) is 73.4 cm³/mol. The van der Waals surface area contributed by atoms with Crippen molar-refractivity contribution in [2.45, 2.75) is 13.8 Å². The molecule has 5 heteroatoms. The highest BCUT2D eigenvalue weighted by Crippen LogP contribution is 2.23. The number of nitrogens with zero attached hydrogens (tertiary/aromatic N) is 2. The third-order valence-electron chi connectivity index (χ3n) is 2.72. The van der Waals surface area contributed by atoms with Crippen molar-refractivity contribution in [3.8, 4) is 11.4 Å². The number of benzene rings is 1. The molecule has 0 aliphatic rings. The lowest BCUT2D eigenvalue weighted by Gasteiger charge is -2.12. The lowest BCUT2D eigenvalue weighted by Crippen LogP contribution is -2.12. The molecule has 0 amide bonds. The number of anilines is 1. The van der Waals surface area contributed by atoms with Crippen LogP contribution in [-0.2, 0) is 0 Å². The number of nitrogens with one attached hydrogen (secondary N) is 1. The molecule has 1 heterocycles. The quantitative estimate of drug-likeness (QED) is 0.901. The molecule has 0 unspecified atom stereocenters. The van der Waals surface area contributed by atoms with Gasteiger partial charge in [-0.25, -0.2) is 9.37 Å². The molecule has 2 rings (SSSR count). The van der Waals surface area contributed by atoms with Gasteiger partial charge in [-0.1, -0.05) is 13.8 Å². The first-order chi connectivity index (χ1) is 9.11. The fraction of sp³-hybridized carbons (Fsp3) is 0.357. The van der Waals surface area contributed by atoms with E-state index in [1.807, 2.05) is 0 Å². The highest BCUT2D eigenvalue weighted by molar-refractivity contribution is 5.46. The highest BCUT2D eigenvalue weighted by atomic mass is 19.1. The van der Waals surface area contributed by atoms with E-state index < -0.39 is 0 Å². The number of ether oxygens (including phenoxy) is 1. The maximum Gasteiger partial charge on any atom is 0.207 e. The Morgan fingerprint density at radius 2 is 2.21 bits per heavy atom. The summed E-state index contributed by atoms with van der Waals surface area (Å²) in [7, 11) is 1.56. The van der Waals surface area contributed by atoms with E-state index in [9.17, 15) is 4.39 Å². The Morgan fingerprint density at radius 1 is 1.42 bits per heavy atom. The van der Waals surface area contributed by atoms with Crippen LogP contribution in [0.4, 0.5) is 10.3 Å². The summed E-state index contributed by atoms with van der Waals surface area (Å²) in [6, 6.07) is 4.63. The maximum absolute atomic E-state index is 13.9. The molecular formula is C14H18FN3O. The van der Waals surface area contributed by atoms with E-state index in [1.165, 1.54) is 6.07 Å². The van der Waals surface area contributed by atoms with E-state index in [0.29, 0.717) is 23.3 Å². The Hall–Kier alpha value is -2.04. The molecule has 0 bridgehead atoms. The van der Waals surface area contributed by atoms with Crippen LogP contribution in [0, 0.1) is 11.7 Å². The molecule has 19 heavy (non-hydrogen) atoms. The average molecular weight is 263 g/mol. The van der Waals surface area contributed by atoms with Gasteiger partial charge >= 0.3 is 0 Å². The second-order valence-corrected chi connectivity index (χ2v) is 4.71. The molecule has 0 atom stereocenters. The smallest absolute Gasteiger partial charge is 0.207 e. The molecule has 0 spiro atoms. The molecule has 0 radical (unpaired) electrons. The maximum atomic E-state index is 13.9. The van der Waals surface area contributed by atoms with E-state index in [2.05, 4.69) is 24.1 Å². The summed E-state index contributed by atoms with van der Waals surface area (Å²) >= 11 is 0. The van der Waals surface area contributed by atoms with Crippen LogP contribution in [0.5, 0.6) is 5.75 Å². The summed E-state index contributed by atoms with van der Waals surface area (Å²) < 4.78 is 20.7. The van der Waals surface area contributed by atoms with Crippen LogP contribution in [0.15, 0.2) is 30.6 Å². The Bertz CT molecular complexity index is 551. The minimum atomic E-state index is -0.314. The standard InChI is InChI=1S/C14H18FN3O/c1-10(2)9-17-14-16-6-7-18(14)13-8-11(19-3)4-5-12(13)15/h4-8,10H,9H2,1-3H3,(H,16,17). The van der Waals surface area contributed by atoms with Gasteiger partial charge in [0.2, 0.25) is 5.95 Å². The van der Waals surface area contributed by atoms with Gasteiger partial charge < -0.3 is 10.1 Å². The Morgan fingerprint density at radius 3 is 2.89 bits per heavy atom. The lowest BCUT2D eigenvalue weighted by molar-refractivity contribution is 0.413. The van der Waals surface area contributed by atoms with Crippen LogP contribution >= 0.6 is 0 Å². The number of methoxy groups -OCH3 is 1. The molecule has 1 aromatic carbocycles. The number of rotatable bonds is 5. The van der Waals surface area contributed by atoms with Crippen molar-refractivity contribution in [2.75, 3.05) is 19.0 Å². The van der Waals surface area contributed by atoms with Gasteiger partial charge in [-0.05, 0) is 18.1 Å². The fourth-order valence-corrected chi connectivity index (χ4v) is 1.73. The second kappa shape index (κ2) is 5.73. The van der Waals surface area contributed by atoms with Crippen molar-refractivity contribution >= 4 is 5.95 Å². The van der Waals surface area contributed by atoms with Crippen LogP contribution in [0.3, 0.4) is 0 Å². The molecule has 0 fully saturated rings. The van der Waals surface area contributed by atoms with Crippen molar-refractivity contribution in [2.24, 2.45) is 5.92 Å². The van der Waals surface area contributed by atoms with Gasteiger partial charge in [0.25, 0.3) is 0 Å². The van der Waals surface area contributed by atoms with Gasteiger partial charge in [0.05, 0.1) is 12.8 Å². The zero-order valence-corrected chi connectivity index (χ0v) is 11.4. The van der Waals surface area contributed by atoms with Gasteiger partial charge in [0.15, 0.2) is 0 Å². The predicted octanol–water partition coefficient (Wildman–Crippen LogP) is 3.09. The van der Waals surface area contributed by atoms with Crippen molar-refractivity contribution in [1.29, 1.82) is 0 Å². The first-order valence-electron chi connectivity index (χ1n) is 6.23. The van der Waals surface area contributed by atoms with Gasteiger partial charge in [0.1, 0.15) is 11.6 Å². The van der Waals surface area contributed by atoms with Gasteiger partial charge in [-0.2, -0.15) is 0 Å². The minimum Gasteiger partial charge on any atom is -0.497 e. The summed E-state index contributed by atoms with van der Waals surface area (Å²) in [4.78, 5) is 4.21. The first-order valence-corrected chi connectivity index (χ1v) is 6.23. The van der Waals surface area contributed by atoms with Gasteiger partial charge in [-0.3, -0.25) is 4.57 Å². The summed E-state index contributed by atoms with van der Waals surface area (Å²) in [6.07, 6.45) is 3.36. The molecule has 102 valence electrons. The van der Waals surface area contributed by atoms with E-state index in [4.69, 9.17) is 4.74 Å². The normalized spacial score (nSPS) is 10.8. The molecular weight excluding hydrogens is 245 g/mol. The topological polar surface area (TPSA) is 39.1 Å². The first kappa shape index (κ1) is 13.4. The molecule has 0 aliphatic carbocycles. The van der Waals surface area contributed by atoms with E-state index >= 15 is 0 Å². The van der Waals surface area contributed by atoms with Crippen molar-refractivity contribution < 1.29 is 9.13 Å². The Balaban J connectivity index is 2.33. The number of imidazole rings is 1. The van der Waals surface area contributed by atoms with Gasteiger partial charge in [0, 0.05) is 25.0 Å². The lowest BCUT2D eigenvalue weighted by atomic mass is 10.2. The minimum absolute atomic E-state index is 0.314. The van der Waals surface area contributed by atoms with Crippen molar-refractivity contribution in [1.82, 2.24) is 9.55 Å². The van der Waals surface area contributed by atoms with Crippen LogP contribution in [0.2, 0.25) is 0 Å². The summed E-state index contributed by atoms with van der Waals surface area (Å²) in [5.74, 6) is 1.41. The molecule has 0 aliphatic heterocycles. The second-order valence-electron chi connectivity index (χ2n) is 4.71. The van der Waals surface area contributed by atoms with Crippen LogP contribution < -0.4 is 10.1 Å². The number of aromatic nitrogens is 2. The van der Waals surface area contributed by atoms with Crippen molar-refractivity contribution in [3.05, 3.63) is 36.4 Å². The fourth-order valence-electron chi connectivity index (χ4n) is 1.73. The van der Waals surface area contributed by atoms with Crippen LogP contribution in [-0.4, -0.2) is 23.2 Å². The third-order valence-corrected chi connectivity index (χ3v) is 2.72. The van der Waals surface area contributed by atoms with E-state index in [1.54, 1.807) is 36.2 Å². The Kier molecular flexibility index (Phi) is 4.04. The number of hydrogen-bond donors (Lipinski definition) is 1. The van der Waals surface area contributed by atoms with E-state index in [0.717, 1.165) is 6.54 Å². The molecule has 1 N–H and O–H groups in total. The van der Waals surface area contributed by atoms with E-state index in [-0.39, 0.29) is 5.82 Å². The summed E-state index contributed by atoms with van der Waals surface area (Å²) in [6.45, 7) is 4.99. The van der Waals surface area contributed by atoms with Crippen molar-refractivity contribution in [3.63, 3.8) is 0 Å². The zero-order chi connectivity index (χ0) is 13.8. The third kappa shape index (κ3) is 3.05. The summed E-state index contributed by atoms with van der Waals surface area (Å²) in [5, 5.41) is 3.20. The monoisotopic (exact) mass is 263 g/mol. The van der Waals surface area contributed by atoms with Crippen LogP contribution in [0.1, 0.15) is 13.8 Å². The zero-order valence-electron chi connectivity index (χ0n) is 11.4. The molecule has 4 nitrogen and oxygen atoms in total. The molecule has 0 saturated carbocycles. The number of hydrogen-bond acceptors (Lipinski definition) is 3. The largest absolute Gasteiger partial charge is 0.497 e. The molecule has 1 aromatic heterocycles. The SMILES string of the molecule is COc1ccc(F)c(-n2ccnc2NCC(C)C)c1. The number of halogens is 1. The van der Waals surface area contributed by atoms with Crippen LogP contribution in [0.25, 0.3) is 5.69 Å². The molecule has 2 aromatic rings. The Labute approximate surface area is 112 Å². The van der Waals surface area contributed by atoms with Gasteiger partial charge in [-0.15, -0.1) is 0 Å². The molecule has 0 saturated heterocycles. The highest BCUT2D eigenvalue weighted by Gasteiger charge is 2.10. The average Bonchev–Trinajstić information content (AvgIpc) is 2.85.